The van der Waals surface area contributed by atoms with Crippen LogP contribution >= 0.6 is 0 Å². The lowest BCUT2D eigenvalue weighted by Crippen LogP contribution is -2.48. The van der Waals surface area contributed by atoms with Crippen LogP contribution in [-0.2, 0) is 23.9 Å². The first-order valence-electron chi connectivity index (χ1n) is 4.83. The largest absolute Gasteiger partial charge is 0.481 e. The molecule has 8 nitrogen and oxygen atoms in total. The van der Waals surface area contributed by atoms with Crippen LogP contribution in [-0.4, -0.2) is 58.1 Å². The van der Waals surface area contributed by atoms with E-state index in [1.807, 2.05) is 0 Å². The molecule has 2 rings (SSSR count). The minimum Gasteiger partial charge on any atom is -0.481 e. The molecular formula is C9H10O8. The van der Waals surface area contributed by atoms with Crippen LogP contribution < -0.4 is 0 Å². The van der Waals surface area contributed by atoms with Crippen LogP contribution in [0.5, 0.6) is 0 Å². The maximum absolute atomic E-state index is 11.2. The number of ether oxygens (including phenoxy) is 2. The van der Waals surface area contributed by atoms with Gasteiger partial charge in [0.25, 0.3) is 0 Å². The first kappa shape index (κ1) is 11.8. The lowest BCUT2D eigenvalue weighted by Gasteiger charge is -2.25. The molecular weight excluding hydrogens is 236 g/mol. The topological polar surface area (TPSA) is 130 Å². The Bertz CT molecular complexity index is 390. The number of carboxylic acids is 3. The number of hydrogen-bond donors (Lipinski definition) is 3. The van der Waals surface area contributed by atoms with Crippen LogP contribution in [0, 0.1) is 11.8 Å². The summed E-state index contributed by atoms with van der Waals surface area (Å²) < 4.78 is 9.89. The molecule has 0 aromatic carbocycles. The van der Waals surface area contributed by atoms with E-state index in [0.717, 1.165) is 0 Å². The molecule has 1 aliphatic heterocycles. The van der Waals surface area contributed by atoms with Crippen molar-refractivity contribution < 1.29 is 39.2 Å². The van der Waals surface area contributed by atoms with Gasteiger partial charge in [0.05, 0.1) is 18.6 Å². The Morgan fingerprint density at radius 1 is 1.29 bits per heavy atom. The normalized spacial score (nSPS) is 38.5. The average Bonchev–Trinajstić information content (AvgIpc) is 2.83. The Hall–Kier alpha value is -1.67. The van der Waals surface area contributed by atoms with E-state index in [2.05, 4.69) is 0 Å². The fourth-order valence-electron chi connectivity index (χ4n) is 2.25. The summed E-state index contributed by atoms with van der Waals surface area (Å²) in [6.07, 6.45) is -0.697. The molecule has 4 atom stereocenters. The lowest BCUT2D eigenvalue weighted by atomic mass is 9.98. The van der Waals surface area contributed by atoms with Gasteiger partial charge in [0.15, 0.2) is 5.60 Å². The Labute approximate surface area is 94.7 Å². The van der Waals surface area contributed by atoms with Gasteiger partial charge < -0.3 is 24.8 Å². The summed E-state index contributed by atoms with van der Waals surface area (Å²) in [4.78, 5) is 32.3. The van der Waals surface area contributed by atoms with E-state index >= 15 is 0 Å². The van der Waals surface area contributed by atoms with E-state index in [1.54, 1.807) is 0 Å². The van der Waals surface area contributed by atoms with Crippen molar-refractivity contribution in [2.75, 3.05) is 13.2 Å². The highest BCUT2D eigenvalue weighted by atomic mass is 16.6. The van der Waals surface area contributed by atoms with E-state index in [4.69, 9.17) is 24.8 Å². The Kier molecular flexibility index (Phi) is 2.55. The van der Waals surface area contributed by atoms with E-state index in [0.29, 0.717) is 0 Å². The van der Waals surface area contributed by atoms with Gasteiger partial charge in [-0.05, 0) is 0 Å². The van der Waals surface area contributed by atoms with Crippen LogP contribution in [0.4, 0.5) is 0 Å². The second-order valence-corrected chi connectivity index (χ2v) is 4.04. The molecule has 0 radical (unpaired) electrons. The summed E-state index contributed by atoms with van der Waals surface area (Å²) >= 11 is 0. The third-order valence-electron chi connectivity index (χ3n) is 3.08. The highest BCUT2D eigenvalue weighted by Crippen LogP contribution is 2.56. The number of carbonyl (C=O) groups is 3. The molecule has 2 aliphatic rings. The molecule has 2 fully saturated rings. The first-order chi connectivity index (χ1) is 7.90. The average molecular weight is 246 g/mol. The van der Waals surface area contributed by atoms with Crippen LogP contribution in [0.2, 0.25) is 0 Å². The molecule has 0 aromatic rings. The van der Waals surface area contributed by atoms with Crippen LogP contribution in [0.25, 0.3) is 0 Å². The van der Waals surface area contributed by atoms with E-state index < -0.39 is 48.1 Å². The van der Waals surface area contributed by atoms with Gasteiger partial charge in [0.1, 0.15) is 6.61 Å². The van der Waals surface area contributed by atoms with E-state index in [9.17, 15) is 14.4 Å². The first-order valence-corrected chi connectivity index (χ1v) is 4.83. The smallest absolute Gasteiger partial charge is 0.338 e. The maximum Gasteiger partial charge on any atom is 0.338 e. The van der Waals surface area contributed by atoms with Gasteiger partial charge in [-0.25, -0.2) is 9.59 Å². The molecule has 3 N–H and O–H groups in total. The number of carboxylic acid groups (broad SMARTS) is 3. The summed E-state index contributed by atoms with van der Waals surface area (Å²) in [6, 6.07) is 0. The van der Waals surface area contributed by atoms with Crippen molar-refractivity contribution in [3.8, 4) is 0 Å². The number of fused-ring (bicyclic) bond motifs is 1. The zero-order valence-electron chi connectivity index (χ0n) is 8.53. The fraction of sp³-hybridized carbons (Fsp3) is 0.667. The second kappa shape index (κ2) is 3.67. The van der Waals surface area contributed by atoms with Gasteiger partial charge in [0.2, 0.25) is 0 Å². The maximum atomic E-state index is 11.2. The van der Waals surface area contributed by atoms with Crippen molar-refractivity contribution in [3.05, 3.63) is 0 Å². The molecule has 0 spiro atoms. The van der Waals surface area contributed by atoms with E-state index in [-0.39, 0.29) is 6.61 Å². The Balaban J connectivity index is 2.16. The SMILES string of the molecule is O=C(O)COC1(C(=O)O)COC2C(C(=O)O)C21. The molecule has 94 valence electrons. The fourth-order valence-corrected chi connectivity index (χ4v) is 2.25. The standard InChI is InChI=1S/C9H10O8/c10-3(11)1-17-9(8(14)15)2-16-6-4(5(6)9)7(12)13/h4-6H,1-2H2,(H,10,11)(H,12,13)(H,14,15). The molecule has 4 unspecified atom stereocenters. The van der Waals surface area contributed by atoms with Gasteiger partial charge in [-0.15, -0.1) is 0 Å². The van der Waals surface area contributed by atoms with Crippen molar-refractivity contribution in [1.29, 1.82) is 0 Å². The molecule has 1 saturated carbocycles. The molecule has 0 aromatic heterocycles. The van der Waals surface area contributed by atoms with Crippen LogP contribution in [0.15, 0.2) is 0 Å². The summed E-state index contributed by atoms with van der Waals surface area (Å²) in [5.41, 5.74) is -1.86. The second-order valence-electron chi connectivity index (χ2n) is 4.04. The Morgan fingerprint density at radius 2 is 1.94 bits per heavy atom. The predicted octanol–water partition coefficient (Wildman–Crippen LogP) is -1.36. The van der Waals surface area contributed by atoms with Crippen LogP contribution in [0.3, 0.4) is 0 Å². The minimum absolute atomic E-state index is 0.325. The van der Waals surface area contributed by atoms with Crippen molar-refractivity contribution in [3.63, 3.8) is 0 Å². The molecule has 0 bridgehead atoms. The van der Waals surface area contributed by atoms with E-state index in [1.165, 1.54) is 0 Å². The molecule has 1 saturated heterocycles. The zero-order chi connectivity index (χ0) is 12.8. The molecule has 1 heterocycles. The minimum atomic E-state index is -1.86. The van der Waals surface area contributed by atoms with Gasteiger partial charge in [0, 0.05) is 5.92 Å². The predicted molar refractivity (Wildman–Crippen MR) is 48.3 cm³/mol. The Morgan fingerprint density at radius 3 is 2.35 bits per heavy atom. The summed E-state index contributed by atoms with van der Waals surface area (Å²) in [5, 5.41) is 26.4. The summed E-state index contributed by atoms with van der Waals surface area (Å²) in [7, 11) is 0. The highest BCUT2D eigenvalue weighted by Gasteiger charge is 2.74. The van der Waals surface area contributed by atoms with Gasteiger partial charge in [-0.2, -0.15) is 0 Å². The number of hydrogen-bond acceptors (Lipinski definition) is 5. The lowest BCUT2D eigenvalue weighted by molar-refractivity contribution is -0.177. The third kappa shape index (κ3) is 1.65. The van der Waals surface area contributed by atoms with Gasteiger partial charge in [-0.1, -0.05) is 0 Å². The van der Waals surface area contributed by atoms with Crippen molar-refractivity contribution in [2.24, 2.45) is 11.8 Å². The highest BCUT2D eigenvalue weighted by molar-refractivity contribution is 5.85. The number of aliphatic carboxylic acids is 3. The molecule has 8 heteroatoms. The third-order valence-corrected chi connectivity index (χ3v) is 3.08. The monoisotopic (exact) mass is 246 g/mol. The van der Waals surface area contributed by atoms with Crippen molar-refractivity contribution in [2.45, 2.75) is 11.7 Å². The zero-order valence-corrected chi connectivity index (χ0v) is 8.53. The summed E-state index contributed by atoms with van der Waals surface area (Å²) in [5.74, 6) is -5.63. The van der Waals surface area contributed by atoms with Gasteiger partial charge in [-0.3, -0.25) is 4.79 Å². The quantitative estimate of drug-likeness (QED) is 0.542. The van der Waals surface area contributed by atoms with Crippen molar-refractivity contribution >= 4 is 17.9 Å². The van der Waals surface area contributed by atoms with Crippen molar-refractivity contribution in [1.82, 2.24) is 0 Å². The molecule has 0 amide bonds. The van der Waals surface area contributed by atoms with Gasteiger partial charge >= 0.3 is 17.9 Å². The molecule has 17 heavy (non-hydrogen) atoms. The molecule has 1 aliphatic carbocycles. The van der Waals surface area contributed by atoms with Crippen LogP contribution in [0.1, 0.15) is 0 Å². The number of rotatable bonds is 5. The summed E-state index contributed by atoms with van der Waals surface area (Å²) in [6.45, 7) is -1.13.